The van der Waals surface area contributed by atoms with Crippen LogP contribution in [0.25, 0.3) is 0 Å². The lowest BCUT2D eigenvalue weighted by Crippen LogP contribution is -2.59. The van der Waals surface area contributed by atoms with Gasteiger partial charge in [-0.15, -0.1) is 0 Å². The van der Waals surface area contributed by atoms with Crippen LogP contribution in [0.4, 0.5) is 0 Å². The average molecular weight is 239 g/mol. The van der Waals surface area contributed by atoms with Gasteiger partial charge in [-0.3, -0.25) is 15.1 Å². The van der Waals surface area contributed by atoms with Gasteiger partial charge in [-0.05, 0) is 12.8 Å². The van der Waals surface area contributed by atoms with E-state index in [1.54, 1.807) is 0 Å². The summed E-state index contributed by atoms with van der Waals surface area (Å²) >= 11 is 0. The lowest BCUT2D eigenvalue weighted by Gasteiger charge is -2.41. The number of aliphatic imine (C=N–C) groups is 1. The number of carbonyl (C=O) groups is 1. The molecule has 1 saturated carbocycles. The summed E-state index contributed by atoms with van der Waals surface area (Å²) in [7, 11) is 0. The van der Waals surface area contributed by atoms with Crippen molar-refractivity contribution in [2.45, 2.75) is 45.3 Å². The molecule has 1 aliphatic heterocycles. The summed E-state index contributed by atoms with van der Waals surface area (Å²) in [5.74, 6) is 1.16. The summed E-state index contributed by atoms with van der Waals surface area (Å²) in [6.07, 6.45) is 1.70. The zero-order chi connectivity index (χ0) is 12.5. The molecule has 5 heteroatoms. The van der Waals surface area contributed by atoms with Gasteiger partial charge >= 0.3 is 0 Å². The largest absolute Gasteiger partial charge is 0.378 e. The maximum atomic E-state index is 11.9. The number of nitrogens with one attached hydrogen (secondary N) is 2. The Balaban J connectivity index is 1.91. The molecular formula is C12H21N3O2. The maximum Gasteiger partial charge on any atom is 0.252 e. The molecule has 1 spiro atoms. The van der Waals surface area contributed by atoms with E-state index < -0.39 is 5.54 Å². The Bertz CT molecular complexity index is 333. The molecule has 0 atom stereocenters. The van der Waals surface area contributed by atoms with Crippen molar-refractivity contribution in [2.24, 2.45) is 10.9 Å². The quantitative estimate of drug-likeness (QED) is 0.757. The molecule has 1 heterocycles. The molecule has 2 rings (SSSR count). The third-order valence-electron chi connectivity index (χ3n) is 3.19. The highest BCUT2D eigenvalue weighted by Gasteiger charge is 2.55. The molecule has 5 nitrogen and oxygen atoms in total. The van der Waals surface area contributed by atoms with Gasteiger partial charge in [-0.25, -0.2) is 0 Å². The minimum Gasteiger partial charge on any atom is -0.378 e. The fourth-order valence-electron chi connectivity index (χ4n) is 2.25. The third-order valence-corrected chi connectivity index (χ3v) is 3.19. The number of rotatable bonds is 4. The van der Waals surface area contributed by atoms with Gasteiger partial charge < -0.3 is 10.1 Å². The molecular weight excluding hydrogens is 218 g/mol. The third kappa shape index (κ3) is 2.44. The van der Waals surface area contributed by atoms with Crippen LogP contribution >= 0.6 is 0 Å². The van der Waals surface area contributed by atoms with E-state index >= 15 is 0 Å². The zero-order valence-electron chi connectivity index (χ0n) is 10.7. The fraction of sp³-hybridized carbons (Fsp3) is 0.833. The molecule has 0 aromatic carbocycles. The van der Waals surface area contributed by atoms with Gasteiger partial charge in [0, 0.05) is 26.0 Å². The standard InChI is InChI=1S/C12H21N3O2/c1-4-17-9-5-12(6-9)10(16)14-11(15-12)13-7-8(2)3/h8-9H,4-7H2,1-3H3,(H2,13,14,15,16). The first-order valence-corrected chi connectivity index (χ1v) is 6.31. The summed E-state index contributed by atoms with van der Waals surface area (Å²) in [4.78, 5) is 16.2. The second-order valence-corrected chi connectivity index (χ2v) is 5.23. The Kier molecular flexibility index (Phi) is 3.38. The molecule has 1 amide bonds. The van der Waals surface area contributed by atoms with Crippen molar-refractivity contribution in [3.05, 3.63) is 0 Å². The van der Waals surface area contributed by atoms with E-state index in [2.05, 4.69) is 29.5 Å². The Hall–Kier alpha value is -1.10. The number of hydrogen-bond donors (Lipinski definition) is 2. The first-order chi connectivity index (χ1) is 8.05. The smallest absolute Gasteiger partial charge is 0.252 e. The van der Waals surface area contributed by atoms with Crippen molar-refractivity contribution < 1.29 is 9.53 Å². The summed E-state index contributed by atoms with van der Waals surface area (Å²) in [6, 6.07) is 0. The van der Waals surface area contributed by atoms with Crippen LogP contribution in [-0.4, -0.2) is 36.7 Å². The molecule has 0 bridgehead atoms. The lowest BCUT2D eigenvalue weighted by atomic mass is 9.74. The molecule has 1 saturated heterocycles. The van der Waals surface area contributed by atoms with Crippen LogP contribution < -0.4 is 10.6 Å². The van der Waals surface area contributed by atoms with Crippen LogP contribution in [0.1, 0.15) is 33.6 Å². The first-order valence-electron chi connectivity index (χ1n) is 6.31. The number of nitrogens with zero attached hydrogens (tertiary/aromatic N) is 1. The summed E-state index contributed by atoms with van der Waals surface area (Å²) in [6.45, 7) is 7.61. The molecule has 2 aliphatic rings. The molecule has 1 aliphatic carbocycles. The van der Waals surface area contributed by atoms with Crippen molar-refractivity contribution in [3.8, 4) is 0 Å². The van der Waals surface area contributed by atoms with E-state index in [1.165, 1.54) is 0 Å². The van der Waals surface area contributed by atoms with Crippen LogP contribution in [0.2, 0.25) is 0 Å². The molecule has 2 N–H and O–H groups in total. The summed E-state index contributed by atoms with van der Waals surface area (Å²) in [5, 5.41) is 6.02. The predicted octanol–water partition coefficient (Wildman–Crippen LogP) is 0.655. The molecule has 0 aromatic heterocycles. The highest BCUT2D eigenvalue weighted by molar-refractivity contribution is 6.09. The highest BCUT2D eigenvalue weighted by atomic mass is 16.5. The van der Waals surface area contributed by atoms with E-state index in [1.807, 2.05) is 6.92 Å². The molecule has 96 valence electrons. The second-order valence-electron chi connectivity index (χ2n) is 5.23. The summed E-state index contributed by atoms with van der Waals surface area (Å²) < 4.78 is 5.49. The van der Waals surface area contributed by atoms with Crippen molar-refractivity contribution in [3.63, 3.8) is 0 Å². The van der Waals surface area contributed by atoms with Gasteiger partial charge in [-0.1, -0.05) is 13.8 Å². The van der Waals surface area contributed by atoms with Gasteiger partial charge in [0.15, 0.2) is 5.96 Å². The monoisotopic (exact) mass is 239 g/mol. The van der Waals surface area contributed by atoms with E-state index in [0.29, 0.717) is 18.5 Å². The summed E-state index contributed by atoms with van der Waals surface area (Å²) in [5.41, 5.74) is -0.449. The number of amides is 1. The number of hydrogen-bond acceptors (Lipinski definition) is 3. The van der Waals surface area contributed by atoms with Crippen LogP contribution in [0.15, 0.2) is 4.99 Å². The van der Waals surface area contributed by atoms with Crippen LogP contribution in [0, 0.1) is 5.92 Å². The Labute approximate surface area is 102 Å². The number of guanidine groups is 1. The first kappa shape index (κ1) is 12.4. The van der Waals surface area contributed by atoms with Gasteiger partial charge in [0.1, 0.15) is 5.54 Å². The zero-order valence-corrected chi connectivity index (χ0v) is 10.7. The minimum atomic E-state index is -0.449. The van der Waals surface area contributed by atoms with Gasteiger partial charge in [-0.2, -0.15) is 0 Å². The Morgan fingerprint density at radius 1 is 1.53 bits per heavy atom. The molecule has 0 aromatic rings. The average Bonchev–Trinajstić information content (AvgIpc) is 2.53. The molecule has 2 fully saturated rings. The predicted molar refractivity (Wildman–Crippen MR) is 65.8 cm³/mol. The van der Waals surface area contributed by atoms with Crippen molar-refractivity contribution in [2.75, 3.05) is 13.2 Å². The normalized spacial score (nSPS) is 34.0. The molecule has 0 radical (unpaired) electrons. The Morgan fingerprint density at radius 3 is 2.82 bits per heavy atom. The molecule has 17 heavy (non-hydrogen) atoms. The maximum absolute atomic E-state index is 11.9. The van der Waals surface area contributed by atoms with Crippen molar-refractivity contribution in [1.82, 2.24) is 10.6 Å². The topological polar surface area (TPSA) is 62.7 Å². The minimum absolute atomic E-state index is 0.0379. The van der Waals surface area contributed by atoms with Crippen molar-refractivity contribution in [1.29, 1.82) is 0 Å². The van der Waals surface area contributed by atoms with E-state index in [0.717, 1.165) is 19.4 Å². The van der Waals surface area contributed by atoms with E-state index in [4.69, 9.17) is 4.74 Å². The van der Waals surface area contributed by atoms with E-state index in [-0.39, 0.29) is 12.0 Å². The van der Waals surface area contributed by atoms with Crippen LogP contribution in [-0.2, 0) is 9.53 Å². The Morgan fingerprint density at radius 2 is 2.24 bits per heavy atom. The van der Waals surface area contributed by atoms with Crippen LogP contribution in [0.3, 0.4) is 0 Å². The van der Waals surface area contributed by atoms with Gasteiger partial charge in [0.05, 0.1) is 6.10 Å². The SMILES string of the molecule is CCOC1CC2(C1)NC(=NCC(C)C)NC2=O. The van der Waals surface area contributed by atoms with Crippen molar-refractivity contribution >= 4 is 11.9 Å². The van der Waals surface area contributed by atoms with E-state index in [9.17, 15) is 4.79 Å². The highest BCUT2D eigenvalue weighted by Crippen LogP contribution is 2.36. The molecule has 0 unspecified atom stereocenters. The number of ether oxygens (including phenoxy) is 1. The van der Waals surface area contributed by atoms with Gasteiger partial charge in [0.2, 0.25) is 0 Å². The van der Waals surface area contributed by atoms with Crippen LogP contribution in [0.5, 0.6) is 0 Å². The fourth-order valence-corrected chi connectivity index (χ4v) is 2.25. The van der Waals surface area contributed by atoms with Gasteiger partial charge in [0.25, 0.3) is 5.91 Å². The number of carbonyl (C=O) groups excluding carboxylic acids is 1. The lowest BCUT2D eigenvalue weighted by molar-refractivity contribution is -0.134. The second kappa shape index (κ2) is 4.64.